The maximum absolute atomic E-state index is 12.6. The summed E-state index contributed by atoms with van der Waals surface area (Å²) in [7, 11) is 0. The molecule has 0 bridgehead atoms. The molecule has 4 rings (SSSR count). The second-order valence-electron chi connectivity index (χ2n) is 7.83. The normalized spacial score (nSPS) is 20.0. The molecule has 0 radical (unpaired) electrons. The fraction of sp³-hybridized carbons (Fsp3) is 0.476. The summed E-state index contributed by atoms with van der Waals surface area (Å²) < 4.78 is 0. The van der Waals surface area contributed by atoms with Crippen molar-refractivity contribution in [2.24, 2.45) is 5.41 Å². The van der Waals surface area contributed by atoms with Crippen molar-refractivity contribution in [1.29, 1.82) is 0 Å². The molecule has 2 aliphatic heterocycles. The predicted octanol–water partition coefficient (Wildman–Crippen LogP) is 2.80. The fourth-order valence-corrected chi connectivity index (χ4v) is 4.25. The van der Waals surface area contributed by atoms with E-state index >= 15 is 0 Å². The number of aryl methyl sites for hydroxylation is 1. The molecule has 5 heteroatoms. The summed E-state index contributed by atoms with van der Waals surface area (Å²) in [4.78, 5) is 25.7. The van der Waals surface area contributed by atoms with Crippen molar-refractivity contribution in [3.8, 4) is 0 Å². The maximum atomic E-state index is 12.6. The molecule has 0 aromatic carbocycles. The first-order chi connectivity index (χ1) is 12.6. The average Bonchev–Trinajstić information content (AvgIpc) is 2.95. The lowest BCUT2D eigenvalue weighted by Crippen LogP contribution is -2.41. The van der Waals surface area contributed by atoms with Crippen molar-refractivity contribution in [1.82, 2.24) is 19.8 Å². The molecule has 136 valence electrons. The van der Waals surface area contributed by atoms with Gasteiger partial charge in [0.1, 0.15) is 0 Å². The largest absolute Gasteiger partial charge is 0.338 e. The summed E-state index contributed by atoms with van der Waals surface area (Å²) in [6.45, 7) is 6.70. The van der Waals surface area contributed by atoms with E-state index in [9.17, 15) is 4.79 Å². The summed E-state index contributed by atoms with van der Waals surface area (Å²) in [6.07, 6.45) is 8.39. The van der Waals surface area contributed by atoms with Gasteiger partial charge in [-0.25, -0.2) is 0 Å². The highest BCUT2D eigenvalue weighted by Gasteiger charge is 2.44. The van der Waals surface area contributed by atoms with Crippen molar-refractivity contribution in [2.75, 3.05) is 19.6 Å². The van der Waals surface area contributed by atoms with Gasteiger partial charge in [0, 0.05) is 44.6 Å². The Morgan fingerprint density at radius 3 is 2.65 bits per heavy atom. The molecule has 0 unspecified atom stereocenters. The molecule has 26 heavy (non-hydrogen) atoms. The average molecular weight is 350 g/mol. The molecule has 1 amide bonds. The molecule has 2 fully saturated rings. The number of pyridine rings is 2. The maximum Gasteiger partial charge on any atom is 0.223 e. The summed E-state index contributed by atoms with van der Waals surface area (Å²) in [5, 5.41) is 0. The Morgan fingerprint density at radius 1 is 1.12 bits per heavy atom. The highest BCUT2D eigenvalue weighted by Crippen LogP contribution is 2.41. The lowest BCUT2D eigenvalue weighted by Gasteiger charge is -2.38. The summed E-state index contributed by atoms with van der Waals surface area (Å²) in [6, 6.07) is 8.09. The minimum Gasteiger partial charge on any atom is -0.338 e. The van der Waals surface area contributed by atoms with Gasteiger partial charge in [0.05, 0.1) is 5.69 Å². The van der Waals surface area contributed by atoms with Gasteiger partial charge in [-0.2, -0.15) is 0 Å². The molecular weight excluding hydrogens is 324 g/mol. The zero-order valence-electron chi connectivity index (χ0n) is 15.4. The quantitative estimate of drug-likeness (QED) is 0.851. The van der Waals surface area contributed by atoms with Crippen molar-refractivity contribution in [2.45, 2.75) is 39.3 Å². The second-order valence-corrected chi connectivity index (χ2v) is 7.83. The van der Waals surface area contributed by atoms with Crippen LogP contribution in [0.3, 0.4) is 0 Å². The molecule has 5 nitrogen and oxygen atoms in total. The molecule has 2 aromatic heterocycles. The van der Waals surface area contributed by atoms with Crippen LogP contribution in [-0.2, 0) is 17.9 Å². The van der Waals surface area contributed by atoms with Crippen molar-refractivity contribution in [3.05, 3.63) is 59.7 Å². The third-order valence-corrected chi connectivity index (χ3v) is 5.91. The van der Waals surface area contributed by atoms with Crippen LogP contribution in [-0.4, -0.2) is 45.3 Å². The Morgan fingerprint density at radius 2 is 1.92 bits per heavy atom. The molecule has 0 N–H and O–H groups in total. The minimum atomic E-state index is 0.162. The zero-order chi connectivity index (χ0) is 18.0. The molecule has 0 aliphatic carbocycles. The van der Waals surface area contributed by atoms with Crippen LogP contribution in [0, 0.1) is 12.3 Å². The summed E-state index contributed by atoms with van der Waals surface area (Å²) in [5.41, 5.74) is 3.70. The van der Waals surface area contributed by atoms with Gasteiger partial charge in [-0.1, -0.05) is 12.1 Å². The number of likely N-dealkylation sites (tertiary alicyclic amines) is 2. The van der Waals surface area contributed by atoms with Gasteiger partial charge in [0.2, 0.25) is 5.91 Å². The Kier molecular flexibility index (Phi) is 4.72. The Bertz CT molecular complexity index is 769. The van der Waals surface area contributed by atoms with Gasteiger partial charge >= 0.3 is 0 Å². The molecule has 0 atom stereocenters. The number of hydrogen-bond donors (Lipinski definition) is 0. The number of piperidine rings is 1. The number of rotatable bonds is 4. The van der Waals surface area contributed by atoms with E-state index in [1.54, 1.807) is 6.20 Å². The Balaban J connectivity index is 1.35. The summed E-state index contributed by atoms with van der Waals surface area (Å²) in [5.74, 6) is 0.294. The number of hydrogen-bond acceptors (Lipinski definition) is 4. The van der Waals surface area contributed by atoms with Crippen molar-refractivity contribution < 1.29 is 4.79 Å². The number of aromatic nitrogens is 2. The lowest BCUT2D eigenvalue weighted by molar-refractivity contribution is -0.128. The van der Waals surface area contributed by atoms with Crippen LogP contribution in [0.4, 0.5) is 0 Å². The lowest BCUT2D eigenvalue weighted by atomic mass is 9.77. The van der Waals surface area contributed by atoms with Crippen LogP contribution in [0.15, 0.2) is 42.9 Å². The van der Waals surface area contributed by atoms with Gasteiger partial charge in [-0.05, 0) is 61.5 Å². The van der Waals surface area contributed by atoms with Crippen molar-refractivity contribution in [3.63, 3.8) is 0 Å². The minimum absolute atomic E-state index is 0.162. The number of nitrogens with zero attached hydrogens (tertiary/aromatic N) is 4. The molecule has 0 saturated carbocycles. The second kappa shape index (κ2) is 7.16. The highest BCUT2D eigenvalue weighted by molar-refractivity contribution is 5.79. The fourth-order valence-electron chi connectivity index (χ4n) is 4.25. The highest BCUT2D eigenvalue weighted by atomic mass is 16.2. The standard InChI is InChI=1S/C21H26N4O/c1-17-4-2-9-23-19(17)15-24-10-6-21(7-11-24)12-20(26)25(16-21)14-18-5-3-8-22-13-18/h2-5,8-9,13H,6-7,10-12,14-16H2,1H3. The van der Waals surface area contributed by atoms with Crippen LogP contribution >= 0.6 is 0 Å². The van der Waals surface area contributed by atoms with Crippen molar-refractivity contribution >= 4 is 5.91 Å². The van der Waals surface area contributed by atoms with Crippen LogP contribution in [0.2, 0.25) is 0 Å². The molecule has 1 spiro atoms. The molecule has 4 heterocycles. The van der Waals surface area contributed by atoms with Gasteiger partial charge in [-0.3, -0.25) is 19.7 Å². The monoisotopic (exact) mass is 350 g/mol. The smallest absolute Gasteiger partial charge is 0.223 e. The topological polar surface area (TPSA) is 49.3 Å². The molecule has 2 aromatic rings. The summed E-state index contributed by atoms with van der Waals surface area (Å²) >= 11 is 0. The molecular formula is C21H26N4O. The van der Waals surface area contributed by atoms with Gasteiger partial charge in [0.15, 0.2) is 0 Å². The van der Waals surface area contributed by atoms with Crippen LogP contribution in [0.1, 0.15) is 36.1 Å². The van der Waals surface area contributed by atoms with E-state index < -0.39 is 0 Å². The Hall–Kier alpha value is -2.27. The van der Waals surface area contributed by atoms with E-state index in [1.807, 2.05) is 35.5 Å². The zero-order valence-corrected chi connectivity index (χ0v) is 15.4. The van der Waals surface area contributed by atoms with E-state index in [4.69, 9.17) is 0 Å². The Labute approximate surface area is 155 Å². The first-order valence-electron chi connectivity index (χ1n) is 9.43. The third-order valence-electron chi connectivity index (χ3n) is 5.91. The van der Waals surface area contributed by atoms with Crippen LogP contribution in [0.25, 0.3) is 0 Å². The van der Waals surface area contributed by atoms with Gasteiger partial charge in [-0.15, -0.1) is 0 Å². The van der Waals surface area contributed by atoms with Crippen LogP contribution in [0.5, 0.6) is 0 Å². The van der Waals surface area contributed by atoms with Crippen LogP contribution < -0.4 is 0 Å². The molecule has 2 saturated heterocycles. The first kappa shape index (κ1) is 17.2. The predicted molar refractivity (Wildman–Crippen MR) is 100 cm³/mol. The number of carbonyl (C=O) groups excluding carboxylic acids is 1. The number of carbonyl (C=O) groups is 1. The van der Waals surface area contributed by atoms with Gasteiger partial charge < -0.3 is 4.90 Å². The number of amides is 1. The van der Waals surface area contributed by atoms with E-state index in [1.165, 1.54) is 11.3 Å². The van der Waals surface area contributed by atoms with Gasteiger partial charge in [0.25, 0.3) is 0 Å². The van der Waals surface area contributed by atoms with E-state index in [2.05, 4.69) is 27.9 Å². The van der Waals surface area contributed by atoms with E-state index in [0.717, 1.165) is 44.6 Å². The molecule has 2 aliphatic rings. The van der Waals surface area contributed by atoms with E-state index in [0.29, 0.717) is 18.9 Å². The SMILES string of the molecule is Cc1cccnc1CN1CCC2(CC1)CC(=O)N(Cc1cccnc1)C2. The van der Waals surface area contributed by atoms with E-state index in [-0.39, 0.29) is 5.41 Å². The first-order valence-corrected chi connectivity index (χ1v) is 9.43. The third kappa shape index (κ3) is 3.63.